The highest BCUT2D eigenvalue weighted by molar-refractivity contribution is 5.44. The Kier molecular flexibility index (Phi) is 4.51. The lowest BCUT2D eigenvalue weighted by Gasteiger charge is -2.26. The molecule has 1 aromatic rings. The molecule has 2 heterocycles. The number of rotatable bonds is 4. The molecule has 1 N–H and O–H groups in total. The summed E-state index contributed by atoms with van der Waals surface area (Å²) in [5, 5.41) is 12.2. The van der Waals surface area contributed by atoms with Gasteiger partial charge in [0, 0.05) is 31.9 Å². The molecule has 5 nitrogen and oxygen atoms in total. The molecule has 1 aromatic heterocycles. The van der Waals surface area contributed by atoms with Crippen LogP contribution in [0, 0.1) is 18.3 Å². The van der Waals surface area contributed by atoms with Crippen molar-refractivity contribution in [3.05, 3.63) is 23.4 Å². The zero-order chi connectivity index (χ0) is 12.8. The van der Waals surface area contributed by atoms with E-state index in [4.69, 9.17) is 10.00 Å². The van der Waals surface area contributed by atoms with Gasteiger partial charge in [0.25, 0.3) is 0 Å². The van der Waals surface area contributed by atoms with Crippen LogP contribution in [-0.4, -0.2) is 49.3 Å². The molecule has 5 heteroatoms. The van der Waals surface area contributed by atoms with Crippen molar-refractivity contribution in [3.63, 3.8) is 0 Å². The van der Waals surface area contributed by atoms with Crippen LogP contribution in [-0.2, 0) is 4.74 Å². The Morgan fingerprint density at radius 1 is 1.44 bits per heavy atom. The molecule has 2 rings (SSSR count). The fourth-order valence-electron chi connectivity index (χ4n) is 1.99. The second-order valence-electron chi connectivity index (χ2n) is 4.38. The molecule has 0 saturated carbocycles. The van der Waals surface area contributed by atoms with Gasteiger partial charge in [-0.05, 0) is 19.1 Å². The van der Waals surface area contributed by atoms with Crippen molar-refractivity contribution < 1.29 is 4.74 Å². The number of aromatic nitrogens is 1. The summed E-state index contributed by atoms with van der Waals surface area (Å²) in [6, 6.07) is 5.71. The van der Waals surface area contributed by atoms with Crippen LogP contribution in [0.3, 0.4) is 0 Å². The Hall–Kier alpha value is -1.64. The van der Waals surface area contributed by atoms with E-state index in [0.29, 0.717) is 5.56 Å². The van der Waals surface area contributed by atoms with Gasteiger partial charge in [0.1, 0.15) is 5.82 Å². The van der Waals surface area contributed by atoms with Crippen molar-refractivity contribution in [1.82, 2.24) is 9.88 Å². The monoisotopic (exact) mass is 246 g/mol. The molecule has 0 aliphatic carbocycles. The Balaban J connectivity index is 1.82. The van der Waals surface area contributed by atoms with Crippen molar-refractivity contribution in [2.45, 2.75) is 6.92 Å². The van der Waals surface area contributed by atoms with E-state index in [1.54, 1.807) is 12.1 Å². The van der Waals surface area contributed by atoms with Crippen molar-refractivity contribution in [3.8, 4) is 6.07 Å². The van der Waals surface area contributed by atoms with E-state index in [-0.39, 0.29) is 0 Å². The standard InChI is InChI=1S/C13H18N4O/c1-11-8-12(10-14)9-13(16-11)15-2-3-17-4-6-18-7-5-17/h8-9H,2-7H2,1H3,(H,15,16). The largest absolute Gasteiger partial charge is 0.379 e. The zero-order valence-electron chi connectivity index (χ0n) is 10.6. The number of hydrogen-bond acceptors (Lipinski definition) is 5. The topological polar surface area (TPSA) is 61.2 Å². The summed E-state index contributed by atoms with van der Waals surface area (Å²) in [4.78, 5) is 6.72. The Morgan fingerprint density at radius 2 is 2.22 bits per heavy atom. The number of nitrogens with zero attached hydrogens (tertiary/aromatic N) is 3. The molecule has 0 atom stereocenters. The molecule has 0 unspecified atom stereocenters. The first-order chi connectivity index (χ1) is 8.78. The van der Waals surface area contributed by atoms with E-state index >= 15 is 0 Å². The van der Waals surface area contributed by atoms with Gasteiger partial charge in [0.05, 0.1) is 24.8 Å². The summed E-state index contributed by atoms with van der Waals surface area (Å²) in [6.45, 7) is 7.33. The smallest absolute Gasteiger partial charge is 0.127 e. The molecule has 0 spiro atoms. The third-order valence-corrected chi connectivity index (χ3v) is 2.92. The molecule has 0 amide bonds. The fraction of sp³-hybridized carbons (Fsp3) is 0.538. The summed E-state index contributed by atoms with van der Waals surface area (Å²) in [7, 11) is 0. The van der Waals surface area contributed by atoms with E-state index < -0.39 is 0 Å². The van der Waals surface area contributed by atoms with Gasteiger partial charge in [-0.15, -0.1) is 0 Å². The second-order valence-corrected chi connectivity index (χ2v) is 4.38. The normalized spacial score (nSPS) is 16.2. The number of nitriles is 1. The van der Waals surface area contributed by atoms with Gasteiger partial charge in [0.15, 0.2) is 0 Å². The first-order valence-electron chi connectivity index (χ1n) is 6.21. The third-order valence-electron chi connectivity index (χ3n) is 2.92. The maximum Gasteiger partial charge on any atom is 0.127 e. The maximum absolute atomic E-state index is 8.89. The second kappa shape index (κ2) is 6.34. The van der Waals surface area contributed by atoms with Gasteiger partial charge in [-0.25, -0.2) is 4.98 Å². The van der Waals surface area contributed by atoms with Gasteiger partial charge in [-0.2, -0.15) is 5.26 Å². The average Bonchev–Trinajstić information content (AvgIpc) is 2.39. The molecule has 0 aromatic carbocycles. The summed E-state index contributed by atoms with van der Waals surface area (Å²) < 4.78 is 5.30. The van der Waals surface area contributed by atoms with Crippen molar-refractivity contribution >= 4 is 5.82 Å². The number of hydrogen-bond donors (Lipinski definition) is 1. The van der Waals surface area contributed by atoms with E-state index in [0.717, 1.165) is 50.9 Å². The molecule has 1 saturated heterocycles. The van der Waals surface area contributed by atoms with E-state index in [1.807, 2.05) is 6.92 Å². The number of ether oxygens (including phenoxy) is 1. The lowest BCUT2D eigenvalue weighted by molar-refractivity contribution is 0.0398. The fourth-order valence-corrected chi connectivity index (χ4v) is 1.99. The third kappa shape index (κ3) is 3.69. The van der Waals surface area contributed by atoms with Crippen LogP contribution in [0.15, 0.2) is 12.1 Å². The predicted molar refractivity (Wildman–Crippen MR) is 69.4 cm³/mol. The Morgan fingerprint density at radius 3 is 2.94 bits per heavy atom. The van der Waals surface area contributed by atoms with Crippen LogP contribution in [0.5, 0.6) is 0 Å². The highest BCUT2D eigenvalue weighted by atomic mass is 16.5. The first-order valence-corrected chi connectivity index (χ1v) is 6.21. The highest BCUT2D eigenvalue weighted by Gasteiger charge is 2.09. The minimum absolute atomic E-state index is 0.649. The maximum atomic E-state index is 8.89. The zero-order valence-corrected chi connectivity index (χ0v) is 10.6. The molecule has 1 aliphatic heterocycles. The van der Waals surface area contributed by atoms with Crippen LogP contribution in [0.25, 0.3) is 0 Å². The Bertz CT molecular complexity index is 435. The van der Waals surface area contributed by atoms with Crippen molar-refractivity contribution in [2.24, 2.45) is 0 Å². The van der Waals surface area contributed by atoms with Gasteiger partial charge in [-0.1, -0.05) is 0 Å². The van der Waals surface area contributed by atoms with Crippen LogP contribution < -0.4 is 5.32 Å². The van der Waals surface area contributed by atoms with Crippen LogP contribution >= 0.6 is 0 Å². The number of nitrogens with one attached hydrogen (secondary N) is 1. The minimum Gasteiger partial charge on any atom is -0.379 e. The summed E-state index contributed by atoms with van der Waals surface area (Å²) >= 11 is 0. The molecule has 18 heavy (non-hydrogen) atoms. The van der Waals surface area contributed by atoms with E-state index in [9.17, 15) is 0 Å². The van der Waals surface area contributed by atoms with Crippen LogP contribution in [0.2, 0.25) is 0 Å². The van der Waals surface area contributed by atoms with Gasteiger partial charge in [-0.3, -0.25) is 4.90 Å². The molecule has 0 radical (unpaired) electrons. The molecule has 0 bridgehead atoms. The number of anilines is 1. The molecular weight excluding hydrogens is 228 g/mol. The highest BCUT2D eigenvalue weighted by Crippen LogP contribution is 2.09. The quantitative estimate of drug-likeness (QED) is 0.859. The number of morpholine rings is 1. The van der Waals surface area contributed by atoms with Crippen molar-refractivity contribution in [1.29, 1.82) is 5.26 Å². The molecule has 1 fully saturated rings. The minimum atomic E-state index is 0.649. The first kappa shape index (κ1) is 12.8. The lowest BCUT2D eigenvalue weighted by atomic mass is 10.2. The molecule has 96 valence electrons. The lowest BCUT2D eigenvalue weighted by Crippen LogP contribution is -2.39. The van der Waals surface area contributed by atoms with E-state index in [1.165, 1.54) is 0 Å². The summed E-state index contributed by atoms with van der Waals surface area (Å²) in [5.41, 5.74) is 1.51. The Labute approximate surface area is 107 Å². The molecular formula is C13H18N4O. The molecule has 1 aliphatic rings. The predicted octanol–water partition coefficient (Wildman–Crippen LogP) is 1.01. The van der Waals surface area contributed by atoms with Crippen LogP contribution in [0.1, 0.15) is 11.3 Å². The van der Waals surface area contributed by atoms with Gasteiger partial charge in [0.2, 0.25) is 0 Å². The van der Waals surface area contributed by atoms with Gasteiger partial charge >= 0.3 is 0 Å². The van der Waals surface area contributed by atoms with Crippen LogP contribution in [0.4, 0.5) is 5.82 Å². The van der Waals surface area contributed by atoms with Crippen molar-refractivity contribution in [2.75, 3.05) is 44.7 Å². The summed E-state index contributed by atoms with van der Waals surface area (Å²) in [5.74, 6) is 0.778. The average molecular weight is 246 g/mol. The summed E-state index contributed by atoms with van der Waals surface area (Å²) in [6.07, 6.45) is 0. The number of pyridine rings is 1. The SMILES string of the molecule is Cc1cc(C#N)cc(NCCN2CCOCC2)n1. The number of aryl methyl sites for hydroxylation is 1. The van der Waals surface area contributed by atoms with Gasteiger partial charge < -0.3 is 10.1 Å². The van der Waals surface area contributed by atoms with E-state index in [2.05, 4.69) is 21.3 Å².